The van der Waals surface area contributed by atoms with E-state index < -0.39 is 0 Å². The van der Waals surface area contributed by atoms with Crippen molar-refractivity contribution in [2.45, 2.75) is 0 Å². The summed E-state index contributed by atoms with van der Waals surface area (Å²) < 4.78 is 1.81. The van der Waals surface area contributed by atoms with Crippen LogP contribution in [0, 0.1) is 0 Å². The minimum atomic E-state index is -0.272. The molecule has 22 heavy (non-hydrogen) atoms. The van der Waals surface area contributed by atoms with Gasteiger partial charge in [0.05, 0.1) is 5.52 Å². The molecule has 0 radical (unpaired) electrons. The first kappa shape index (κ1) is 12.5. The molecule has 106 valence electrons. The van der Waals surface area contributed by atoms with Crippen LogP contribution in [0.4, 0.5) is 5.82 Å². The number of benzene rings is 1. The zero-order valence-electron chi connectivity index (χ0n) is 11.6. The molecule has 4 rings (SSSR count). The molecule has 1 N–H and O–H groups in total. The molecular weight excluding hydrogens is 276 g/mol. The number of hydrogen-bond donors (Lipinski definition) is 1. The fraction of sp³-hybridized carbons (Fsp3) is 0. The first-order valence-corrected chi connectivity index (χ1v) is 6.90. The van der Waals surface area contributed by atoms with Crippen LogP contribution in [-0.2, 0) is 0 Å². The Morgan fingerprint density at radius 1 is 0.955 bits per heavy atom. The summed E-state index contributed by atoms with van der Waals surface area (Å²) in [5.41, 5.74) is 1.94. The number of carbonyl (C=O) groups is 1. The number of carbonyl (C=O) groups excluding carboxylic acids is 1. The first-order chi connectivity index (χ1) is 10.8. The Labute approximate surface area is 126 Å². The normalized spacial score (nSPS) is 10.9. The van der Waals surface area contributed by atoms with Crippen molar-refractivity contribution in [2.75, 3.05) is 5.32 Å². The molecule has 0 bridgehead atoms. The van der Waals surface area contributed by atoms with Gasteiger partial charge in [0.25, 0.3) is 5.91 Å². The number of nitrogens with one attached hydrogen (secondary N) is 1. The molecule has 0 saturated carbocycles. The molecule has 0 aliphatic carbocycles. The maximum absolute atomic E-state index is 12.3. The highest BCUT2D eigenvalue weighted by molar-refractivity contribution is 6.03. The van der Waals surface area contributed by atoms with Crippen molar-refractivity contribution in [2.24, 2.45) is 0 Å². The molecule has 5 heteroatoms. The van der Waals surface area contributed by atoms with Crippen LogP contribution < -0.4 is 5.32 Å². The molecule has 0 spiro atoms. The van der Waals surface area contributed by atoms with Crippen molar-refractivity contribution in [3.63, 3.8) is 0 Å². The van der Waals surface area contributed by atoms with Gasteiger partial charge in [-0.2, -0.15) is 0 Å². The summed E-state index contributed by atoms with van der Waals surface area (Å²) in [5, 5.41) is 3.82. The van der Waals surface area contributed by atoms with Crippen LogP contribution in [0.2, 0.25) is 0 Å². The lowest BCUT2D eigenvalue weighted by Gasteiger charge is -2.03. The van der Waals surface area contributed by atoms with Crippen LogP contribution in [0.1, 0.15) is 10.5 Å². The summed E-state index contributed by atoms with van der Waals surface area (Å²) in [6.45, 7) is 0. The van der Waals surface area contributed by atoms with Gasteiger partial charge in [-0.1, -0.05) is 24.3 Å². The predicted molar refractivity (Wildman–Crippen MR) is 84.9 cm³/mol. The highest BCUT2D eigenvalue weighted by Gasteiger charge is 2.11. The van der Waals surface area contributed by atoms with Gasteiger partial charge in [0.15, 0.2) is 0 Å². The molecule has 1 amide bonds. The maximum Gasteiger partial charge on any atom is 0.277 e. The van der Waals surface area contributed by atoms with Crippen LogP contribution in [0.25, 0.3) is 16.6 Å². The van der Waals surface area contributed by atoms with E-state index in [0.717, 1.165) is 16.6 Å². The molecule has 0 saturated heterocycles. The second kappa shape index (κ2) is 4.96. The van der Waals surface area contributed by atoms with Gasteiger partial charge in [0.2, 0.25) is 0 Å². The lowest BCUT2D eigenvalue weighted by molar-refractivity contribution is 0.102. The smallest absolute Gasteiger partial charge is 0.277 e. The van der Waals surface area contributed by atoms with E-state index in [-0.39, 0.29) is 5.91 Å². The summed E-state index contributed by atoms with van der Waals surface area (Å²) in [4.78, 5) is 21.0. The molecule has 0 aliphatic rings. The Balaban J connectivity index is 1.64. The fourth-order valence-electron chi connectivity index (χ4n) is 2.36. The molecule has 5 nitrogen and oxygen atoms in total. The van der Waals surface area contributed by atoms with E-state index in [1.807, 2.05) is 59.1 Å². The van der Waals surface area contributed by atoms with Crippen LogP contribution in [-0.4, -0.2) is 20.3 Å². The van der Waals surface area contributed by atoms with Crippen LogP contribution >= 0.6 is 0 Å². The minimum absolute atomic E-state index is 0.272. The van der Waals surface area contributed by atoms with Crippen molar-refractivity contribution in [3.8, 4) is 0 Å². The van der Waals surface area contributed by atoms with Crippen molar-refractivity contribution in [1.82, 2.24) is 14.4 Å². The standard InChI is InChI=1S/C17H12N4O/c22-17(14-11-21-10-4-3-7-16(21)19-14)20-15-9-8-12-5-1-2-6-13(12)18-15/h1-11H,(H,18,20,22). The van der Waals surface area contributed by atoms with E-state index in [1.54, 1.807) is 12.3 Å². The van der Waals surface area contributed by atoms with Gasteiger partial charge in [-0.15, -0.1) is 0 Å². The zero-order chi connectivity index (χ0) is 14.9. The van der Waals surface area contributed by atoms with Crippen molar-refractivity contribution in [3.05, 3.63) is 72.7 Å². The monoisotopic (exact) mass is 288 g/mol. The van der Waals surface area contributed by atoms with E-state index in [0.29, 0.717) is 11.5 Å². The van der Waals surface area contributed by atoms with Gasteiger partial charge in [0.1, 0.15) is 17.2 Å². The number of hydrogen-bond acceptors (Lipinski definition) is 3. The van der Waals surface area contributed by atoms with Gasteiger partial charge in [-0.05, 0) is 30.3 Å². The Bertz CT molecular complexity index is 957. The van der Waals surface area contributed by atoms with E-state index in [9.17, 15) is 4.79 Å². The van der Waals surface area contributed by atoms with Gasteiger partial charge >= 0.3 is 0 Å². The number of para-hydroxylation sites is 1. The molecule has 0 aliphatic heterocycles. The van der Waals surface area contributed by atoms with E-state index >= 15 is 0 Å². The number of aromatic nitrogens is 3. The van der Waals surface area contributed by atoms with Gasteiger partial charge in [0, 0.05) is 17.8 Å². The second-order valence-electron chi connectivity index (χ2n) is 4.94. The van der Waals surface area contributed by atoms with Crippen molar-refractivity contribution < 1.29 is 4.79 Å². The number of amides is 1. The van der Waals surface area contributed by atoms with Gasteiger partial charge < -0.3 is 9.72 Å². The Morgan fingerprint density at radius 3 is 2.73 bits per heavy atom. The summed E-state index contributed by atoms with van der Waals surface area (Å²) in [6.07, 6.45) is 3.55. The number of pyridine rings is 2. The van der Waals surface area contributed by atoms with Gasteiger partial charge in [-0.3, -0.25) is 4.79 Å². The Morgan fingerprint density at radius 2 is 1.82 bits per heavy atom. The topological polar surface area (TPSA) is 59.3 Å². The van der Waals surface area contributed by atoms with Gasteiger partial charge in [-0.25, -0.2) is 9.97 Å². The van der Waals surface area contributed by atoms with E-state index in [1.165, 1.54) is 0 Å². The third-order valence-electron chi connectivity index (χ3n) is 3.44. The number of imidazole rings is 1. The Kier molecular flexibility index (Phi) is 2.83. The maximum atomic E-state index is 12.3. The average Bonchev–Trinajstić information content (AvgIpc) is 2.99. The highest BCUT2D eigenvalue weighted by atomic mass is 16.2. The largest absolute Gasteiger partial charge is 0.306 e. The summed E-state index contributed by atoms with van der Waals surface area (Å²) >= 11 is 0. The lowest BCUT2D eigenvalue weighted by Crippen LogP contribution is -2.13. The minimum Gasteiger partial charge on any atom is -0.306 e. The lowest BCUT2D eigenvalue weighted by atomic mass is 10.2. The molecular formula is C17H12N4O. The molecule has 0 fully saturated rings. The van der Waals surface area contributed by atoms with Crippen molar-refractivity contribution >= 4 is 28.3 Å². The predicted octanol–water partition coefficient (Wildman–Crippen LogP) is 3.13. The Hall–Kier alpha value is -3.21. The first-order valence-electron chi connectivity index (χ1n) is 6.90. The SMILES string of the molecule is O=C(Nc1ccc2ccccc2n1)c1cn2ccccc2n1. The number of rotatable bonds is 2. The number of nitrogens with zero attached hydrogens (tertiary/aromatic N) is 3. The molecule has 3 heterocycles. The third kappa shape index (κ3) is 2.18. The summed E-state index contributed by atoms with van der Waals surface area (Å²) in [6, 6.07) is 17.1. The molecule has 1 aromatic carbocycles. The van der Waals surface area contributed by atoms with Crippen LogP contribution in [0.15, 0.2) is 67.0 Å². The molecule has 4 aromatic rings. The average molecular weight is 288 g/mol. The van der Waals surface area contributed by atoms with E-state index in [2.05, 4.69) is 15.3 Å². The summed E-state index contributed by atoms with van der Waals surface area (Å²) in [7, 11) is 0. The fourth-order valence-corrected chi connectivity index (χ4v) is 2.36. The molecule has 3 aromatic heterocycles. The molecule has 0 unspecified atom stereocenters. The summed E-state index contributed by atoms with van der Waals surface area (Å²) in [5.74, 6) is 0.243. The van der Waals surface area contributed by atoms with Crippen LogP contribution in [0.5, 0.6) is 0 Å². The van der Waals surface area contributed by atoms with E-state index in [4.69, 9.17) is 0 Å². The highest BCUT2D eigenvalue weighted by Crippen LogP contribution is 2.15. The molecule has 0 atom stereocenters. The number of fused-ring (bicyclic) bond motifs is 2. The third-order valence-corrected chi connectivity index (χ3v) is 3.44. The number of anilines is 1. The van der Waals surface area contributed by atoms with Crippen molar-refractivity contribution in [1.29, 1.82) is 0 Å². The second-order valence-corrected chi connectivity index (χ2v) is 4.94. The quantitative estimate of drug-likeness (QED) is 0.616. The van der Waals surface area contributed by atoms with Crippen LogP contribution in [0.3, 0.4) is 0 Å². The zero-order valence-corrected chi connectivity index (χ0v) is 11.6.